The molecule has 1 aromatic carbocycles. The first-order valence-electron chi connectivity index (χ1n) is 4.95. The molecule has 0 saturated carbocycles. The number of nitrogens with zero attached hydrogens (tertiary/aromatic N) is 1. The Morgan fingerprint density at radius 3 is 2.78 bits per heavy atom. The van der Waals surface area contributed by atoms with Crippen LogP contribution in [0, 0.1) is 6.92 Å². The highest BCUT2D eigenvalue weighted by molar-refractivity contribution is 9.11. The van der Waals surface area contributed by atoms with E-state index in [4.69, 9.17) is 5.73 Å². The lowest BCUT2D eigenvalue weighted by molar-refractivity contribution is 0.102. The molecule has 1 amide bonds. The number of nitrogens with one attached hydrogen (secondary N) is 1. The van der Waals surface area contributed by atoms with Crippen LogP contribution in [0.15, 0.2) is 26.6 Å². The summed E-state index contributed by atoms with van der Waals surface area (Å²) >= 11 is 7.97. The molecule has 2 aromatic rings. The molecule has 0 radical (unpaired) electrons. The Balaban J connectivity index is 2.29. The molecule has 94 valence electrons. The van der Waals surface area contributed by atoms with Gasteiger partial charge < -0.3 is 5.73 Å². The van der Waals surface area contributed by atoms with Crippen LogP contribution in [0.1, 0.15) is 15.9 Å². The van der Waals surface area contributed by atoms with Gasteiger partial charge in [-0.05, 0) is 40.5 Å². The van der Waals surface area contributed by atoms with Crippen molar-refractivity contribution in [1.29, 1.82) is 0 Å². The van der Waals surface area contributed by atoms with Crippen molar-refractivity contribution in [3.63, 3.8) is 0 Å². The van der Waals surface area contributed by atoms with Crippen LogP contribution in [0.25, 0.3) is 0 Å². The number of thiazole rings is 1. The molecule has 0 aliphatic heterocycles. The number of carbonyl (C=O) groups excluding carboxylic acids is 1. The van der Waals surface area contributed by atoms with Crippen LogP contribution >= 0.6 is 43.2 Å². The highest BCUT2D eigenvalue weighted by Crippen LogP contribution is 2.26. The number of rotatable bonds is 2. The number of aromatic nitrogens is 1. The van der Waals surface area contributed by atoms with Gasteiger partial charge in [0.25, 0.3) is 5.91 Å². The first-order valence-corrected chi connectivity index (χ1v) is 7.36. The fourth-order valence-corrected chi connectivity index (χ4v) is 2.99. The molecule has 18 heavy (non-hydrogen) atoms. The molecule has 0 spiro atoms. The monoisotopic (exact) mass is 389 g/mol. The fraction of sp³-hybridized carbons (Fsp3) is 0.0909. The van der Waals surface area contributed by atoms with Crippen molar-refractivity contribution in [2.24, 2.45) is 0 Å². The zero-order valence-corrected chi connectivity index (χ0v) is 13.3. The molecule has 0 saturated heterocycles. The minimum absolute atomic E-state index is 0.220. The van der Waals surface area contributed by atoms with Crippen LogP contribution < -0.4 is 11.1 Å². The molecule has 7 heteroatoms. The highest BCUT2D eigenvalue weighted by Gasteiger charge is 2.13. The quantitative estimate of drug-likeness (QED) is 0.766. The predicted octanol–water partition coefficient (Wildman–Crippen LogP) is 3.81. The number of amides is 1. The van der Waals surface area contributed by atoms with Crippen LogP contribution in [0.3, 0.4) is 0 Å². The largest absolute Gasteiger partial charge is 0.398 e. The molecular formula is C11H9Br2N3OS. The standard InChI is InChI=1S/C11H9Br2N3OS/c1-5-7(2-6(12)3-8(5)14)10(17)16-11-15-4-9(13)18-11/h2-4H,14H2,1H3,(H,15,16,17). The van der Waals surface area contributed by atoms with Gasteiger partial charge in [-0.3, -0.25) is 10.1 Å². The summed E-state index contributed by atoms with van der Waals surface area (Å²) in [6.07, 6.45) is 1.64. The summed E-state index contributed by atoms with van der Waals surface area (Å²) < 4.78 is 1.64. The average molecular weight is 391 g/mol. The second kappa shape index (κ2) is 5.38. The summed E-state index contributed by atoms with van der Waals surface area (Å²) in [5, 5.41) is 3.28. The van der Waals surface area contributed by atoms with E-state index < -0.39 is 0 Å². The van der Waals surface area contributed by atoms with Gasteiger partial charge >= 0.3 is 0 Å². The maximum absolute atomic E-state index is 12.1. The minimum Gasteiger partial charge on any atom is -0.398 e. The predicted molar refractivity (Wildman–Crippen MR) is 81.1 cm³/mol. The summed E-state index contributed by atoms with van der Waals surface area (Å²) in [5.74, 6) is -0.220. The zero-order chi connectivity index (χ0) is 13.3. The van der Waals surface area contributed by atoms with Crippen LogP contribution in [0.5, 0.6) is 0 Å². The molecule has 0 aliphatic rings. The van der Waals surface area contributed by atoms with Crippen LogP contribution in [0.4, 0.5) is 10.8 Å². The van der Waals surface area contributed by atoms with Gasteiger partial charge in [-0.25, -0.2) is 4.98 Å². The van der Waals surface area contributed by atoms with Gasteiger partial charge in [0.15, 0.2) is 5.13 Å². The fourth-order valence-electron chi connectivity index (χ4n) is 1.41. The van der Waals surface area contributed by atoms with E-state index in [2.05, 4.69) is 42.2 Å². The third kappa shape index (κ3) is 2.90. The first kappa shape index (κ1) is 13.5. The number of hydrogen-bond acceptors (Lipinski definition) is 4. The Bertz CT molecular complexity index is 612. The third-order valence-corrected chi connectivity index (χ3v) is 4.20. The smallest absolute Gasteiger partial charge is 0.257 e. The summed E-state index contributed by atoms with van der Waals surface area (Å²) in [4.78, 5) is 16.2. The van der Waals surface area contributed by atoms with E-state index in [-0.39, 0.29) is 5.91 Å². The number of halogens is 2. The van der Waals surface area contributed by atoms with Gasteiger partial charge in [0.05, 0.1) is 9.98 Å². The molecule has 3 N–H and O–H groups in total. The van der Waals surface area contributed by atoms with Crippen LogP contribution in [-0.4, -0.2) is 10.9 Å². The Labute approximate surface area is 125 Å². The van der Waals surface area contributed by atoms with Crippen molar-refractivity contribution in [2.75, 3.05) is 11.1 Å². The van der Waals surface area contributed by atoms with Crippen molar-refractivity contribution >= 4 is 59.9 Å². The lowest BCUT2D eigenvalue weighted by Gasteiger charge is -2.08. The molecular weight excluding hydrogens is 382 g/mol. The van der Waals surface area contributed by atoms with E-state index in [1.54, 1.807) is 18.3 Å². The molecule has 0 aliphatic carbocycles. The Morgan fingerprint density at radius 2 is 2.17 bits per heavy atom. The van der Waals surface area contributed by atoms with Gasteiger partial charge in [0.2, 0.25) is 0 Å². The third-order valence-electron chi connectivity index (χ3n) is 2.36. The van der Waals surface area contributed by atoms with Gasteiger partial charge in [0, 0.05) is 15.7 Å². The van der Waals surface area contributed by atoms with E-state index in [9.17, 15) is 4.79 Å². The molecule has 0 unspecified atom stereocenters. The number of hydrogen-bond donors (Lipinski definition) is 2. The van der Waals surface area contributed by atoms with Gasteiger partial charge in [-0.15, -0.1) is 0 Å². The molecule has 1 aromatic heterocycles. The molecule has 0 atom stereocenters. The maximum atomic E-state index is 12.1. The molecule has 0 bridgehead atoms. The van der Waals surface area contributed by atoms with E-state index in [1.807, 2.05) is 6.92 Å². The molecule has 4 nitrogen and oxygen atoms in total. The topological polar surface area (TPSA) is 68.0 Å². The number of anilines is 2. The number of carbonyl (C=O) groups is 1. The van der Waals surface area contributed by atoms with E-state index in [0.717, 1.165) is 13.8 Å². The normalized spacial score (nSPS) is 10.4. The summed E-state index contributed by atoms with van der Waals surface area (Å²) in [6.45, 7) is 1.81. The minimum atomic E-state index is -0.220. The second-order valence-corrected chi connectivity index (χ2v) is 6.92. The van der Waals surface area contributed by atoms with E-state index >= 15 is 0 Å². The van der Waals surface area contributed by atoms with Gasteiger partial charge in [-0.1, -0.05) is 27.3 Å². The number of benzene rings is 1. The van der Waals surface area contributed by atoms with Crippen molar-refractivity contribution in [1.82, 2.24) is 4.98 Å². The van der Waals surface area contributed by atoms with Crippen molar-refractivity contribution in [2.45, 2.75) is 6.92 Å². The Hall–Kier alpha value is -0.920. The number of nitrogens with two attached hydrogens (primary N) is 1. The van der Waals surface area contributed by atoms with Crippen molar-refractivity contribution < 1.29 is 4.79 Å². The molecule has 1 heterocycles. The van der Waals surface area contributed by atoms with Crippen LogP contribution in [-0.2, 0) is 0 Å². The van der Waals surface area contributed by atoms with Crippen molar-refractivity contribution in [3.8, 4) is 0 Å². The van der Waals surface area contributed by atoms with Gasteiger partial charge in [0.1, 0.15) is 0 Å². The SMILES string of the molecule is Cc1c(N)cc(Br)cc1C(=O)Nc1ncc(Br)s1. The summed E-state index contributed by atoms with van der Waals surface area (Å²) in [6, 6.07) is 3.51. The second-order valence-electron chi connectivity index (χ2n) is 3.59. The lowest BCUT2D eigenvalue weighted by atomic mass is 10.1. The Morgan fingerprint density at radius 1 is 1.44 bits per heavy atom. The summed E-state index contributed by atoms with van der Waals surface area (Å²) in [7, 11) is 0. The molecule has 0 fully saturated rings. The van der Waals surface area contributed by atoms with E-state index in [0.29, 0.717) is 16.4 Å². The van der Waals surface area contributed by atoms with Crippen molar-refractivity contribution in [3.05, 3.63) is 37.7 Å². The average Bonchev–Trinajstić information content (AvgIpc) is 2.69. The maximum Gasteiger partial charge on any atom is 0.257 e. The van der Waals surface area contributed by atoms with Crippen LogP contribution in [0.2, 0.25) is 0 Å². The zero-order valence-electron chi connectivity index (χ0n) is 9.33. The molecule has 2 rings (SSSR count). The summed E-state index contributed by atoms with van der Waals surface area (Å²) in [5.41, 5.74) is 7.70. The lowest BCUT2D eigenvalue weighted by Crippen LogP contribution is -2.14. The first-order chi connectivity index (χ1) is 8.47. The van der Waals surface area contributed by atoms with E-state index in [1.165, 1.54) is 11.3 Å². The highest BCUT2D eigenvalue weighted by atomic mass is 79.9. The Kier molecular flexibility index (Phi) is 4.04. The van der Waals surface area contributed by atoms with Gasteiger partial charge in [-0.2, -0.15) is 0 Å². The number of nitrogen functional groups attached to an aromatic ring is 1.